The SMILES string of the molecule is NC1CCN(c2nc(-c3ccc(C(Cl)(Cl)Cl)cc3)nc(C(Cl)(Cl)Cl)n2)CC1. The van der Waals surface area contributed by atoms with Gasteiger partial charge in [0.1, 0.15) is 0 Å². The van der Waals surface area contributed by atoms with E-state index >= 15 is 0 Å². The lowest BCUT2D eigenvalue weighted by Crippen LogP contribution is -2.40. The maximum absolute atomic E-state index is 6.02. The number of rotatable bonds is 2. The Labute approximate surface area is 187 Å². The first-order valence-electron chi connectivity index (χ1n) is 8.05. The van der Waals surface area contributed by atoms with Crippen molar-refractivity contribution in [2.75, 3.05) is 18.0 Å². The predicted octanol–water partition coefficient (Wildman–Crippen LogP) is 5.12. The molecule has 0 unspecified atom stereocenters. The molecule has 1 saturated heterocycles. The summed E-state index contributed by atoms with van der Waals surface area (Å²) in [6.45, 7) is 1.44. The summed E-state index contributed by atoms with van der Waals surface area (Å²) in [7, 11) is 0. The minimum Gasteiger partial charge on any atom is -0.341 e. The Balaban J connectivity index is 2.00. The van der Waals surface area contributed by atoms with Gasteiger partial charge in [0.25, 0.3) is 0 Å². The Morgan fingerprint density at radius 2 is 1.44 bits per heavy atom. The van der Waals surface area contributed by atoms with Crippen LogP contribution in [0.1, 0.15) is 24.2 Å². The van der Waals surface area contributed by atoms with Crippen LogP contribution in [0.15, 0.2) is 24.3 Å². The van der Waals surface area contributed by atoms with Gasteiger partial charge in [-0.05, 0) is 12.8 Å². The molecule has 1 fully saturated rings. The molecular formula is C16H15Cl6N5. The van der Waals surface area contributed by atoms with Crippen LogP contribution >= 0.6 is 69.6 Å². The molecule has 0 spiro atoms. The second kappa shape index (κ2) is 8.23. The number of hydrogen-bond acceptors (Lipinski definition) is 5. The summed E-state index contributed by atoms with van der Waals surface area (Å²) in [5.41, 5.74) is 7.18. The number of halogens is 6. The van der Waals surface area contributed by atoms with Gasteiger partial charge < -0.3 is 10.6 Å². The third-order valence-corrected chi connectivity index (χ3v) is 5.33. The van der Waals surface area contributed by atoms with E-state index in [0.717, 1.165) is 25.9 Å². The molecule has 3 rings (SSSR count). The van der Waals surface area contributed by atoms with Crippen LogP contribution in [-0.2, 0) is 7.59 Å². The highest BCUT2D eigenvalue weighted by atomic mass is 35.6. The van der Waals surface area contributed by atoms with Crippen LogP contribution < -0.4 is 10.6 Å². The van der Waals surface area contributed by atoms with Crippen LogP contribution in [0, 0.1) is 0 Å². The van der Waals surface area contributed by atoms with Gasteiger partial charge in [-0.1, -0.05) is 93.9 Å². The van der Waals surface area contributed by atoms with E-state index in [1.54, 1.807) is 24.3 Å². The van der Waals surface area contributed by atoms with Crippen molar-refractivity contribution in [1.29, 1.82) is 0 Å². The van der Waals surface area contributed by atoms with Gasteiger partial charge in [0.05, 0.1) is 0 Å². The van der Waals surface area contributed by atoms with Crippen molar-refractivity contribution in [3.05, 3.63) is 35.7 Å². The average Bonchev–Trinajstić information content (AvgIpc) is 2.60. The fourth-order valence-corrected chi connectivity index (χ4v) is 3.30. The molecule has 1 aromatic carbocycles. The van der Waals surface area contributed by atoms with E-state index in [1.165, 1.54) is 0 Å². The minimum absolute atomic E-state index is 0.0489. The summed E-state index contributed by atoms with van der Waals surface area (Å²) in [6.07, 6.45) is 1.67. The van der Waals surface area contributed by atoms with Crippen LogP contribution in [0.4, 0.5) is 5.95 Å². The van der Waals surface area contributed by atoms with Gasteiger partial charge in [0.15, 0.2) is 11.6 Å². The third-order valence-electron chi connectivity index (χ3n) is 4.17. The molecule has 0 radical (unpaired) electrons. The molecule has 0 bridgehead atoms. The average molecular weight is 490 g/mol. The molecule has 1 aromatic heterocycles. The first-order valence-corrected chi connectivity index (χ1v) is 10.3. The van der Waals surface area contributed by atoms with Crippen LogP contribution in [0.25, 0.3) is 11.4 Å². The van der Waals surface area contributed by atoms with Crippen molar-refractivity contribution in [1.82, 2.24) is 15.0 Å². The summed E-state index contributed by atoms with van der Waals surface area (Å²) >= 11 is 35.8. The Hall–Kier alpha value is -0.270. The summed E-state index contributed by atoms with van der Waals surface area (Å²) in [4.78, 5) is 15.2. The molecule has 2 aromatic rings. The summed E-state index contributed by atoms with van der Waals surface area (Å²) in [5, 5.41) is 0. The number of alkyl halides is 6. The van der Waals surface area contributed by atoms with Crippen molar-refractivity contribution in [3.63, 3.8) is 0 Å². The Morgan fingerprint density at radius 1 is 0.852 bits per heavy atom. The first kappa shape index (κ1) is 21.4. The lowest BCUT2D eigenvalue weighted by atomic mass is 10.1. The van der Waals surface area contributed by atoms with E-state index in [4.69, 9.17) is 75.3 Å². The van der Waals surface area contributed by atoms with Crippen molar-refractivity contribution < 1.29 is 0 Å². The van der Waals surface area contributed by atoms with Gasteiger partial charge in [-0.2, -0.15) is 9.97 Å². The zero-order valence-electron chi connectivity index (χ0n) is 13.8. The minimum atomic E-state index is -1.78. The molecule has 27 heavy (non-hydrogen) atoms. The van der Waals surface area contributed by atoms with Gasteiger partial charge in [-0.15, -0.1) is 0 Å². The van der Waals surface area contributed by atoms with Gasteiger partial charge in [0, 0.05) is 30.3 Å². The van der Waals surface area contributed by atoms with E-state index in [0.29, 0.717) is 22.9 Å². The molecule has 11 heteroatoms. The normalized spacial score (nSPS) is 16.6. The largest absolute Gasteiger partial charge is 0.341 e. The number of hydrogen-bond donors (Lipinski definition) is 1. The number of anilines is 1. The van der Waals surface area contributed by atoms with Crippen LogP contribution in [0.3, 0.4) is 0 Å². The molecule has 0 saturated carbocycles. The number of aromatic nitrogens is 3. The van der Waals surface area contributed by atoms with E-state index in [2.05, 4.69) is 15.0 Å². The van der Waals surface area contributed by atoms with Crippen LogP contribution in [0.2, 0.25) is 0 Å². The van der Waals surface area contributed by atoms with E-state index < -0.39 is 7.59 Å². The third kappa shape index (κ3) is 5.41. The summed E-state index contributed by atoms with van der Waals surface area (Å²) in [6, 6.07) is 7.01. The summed E-state index contributed by atoms with van der Waals surface area (Å²) < 4.78 is -3.30. The van der Waals surface area contributed by atoms with Gasteiger partial charge >= 0.3 is 0 Å². The monoisotopic (exact) mass is 487 g/mol. The number of nitrogens with two attached hydrogens (primary N) is 1. The lowest BCUT2D eigenvalue weighted by molar-refractivity contribution is 0.494. The topological polar surface area (TPSA) is 67.9 Å². The molecule has 0 atom stereocenters. The van der Waals surface area contributed by atoms with Gasteiger partial charge in [-0.25, -0.2) is 4.98 Å². The zero-order chi connectivity index (χ0) is 19.8. The second-order valence-electron chi connectivity index (χ2n) is 6.18. The Kier molecular flexibility index (Phi) is 6.53. The van der Waals surface area contributed by atoms with E-state index in [1.807, 2.05) is 4.90 Å². The molecule has 2 heterocycles. The van der Waals surface area contributed by atoms with Crippen LogP contribution in [-0.4, -0.2) is 34.1 Å². The quantitative estimate of drug-likeness (QED) is 0.593. The Morgan fingerprint density at radius 3 is 1.96 bits per heavy atom. The smallest absolute Gasteiger partial charge is 0.250 e. The maximum atomic E-state index is 6.02. The molecule has 146 valence electrons. The number of benzene rings is 1. The molecule has 0 amide bonds. The standard InChI is InChI=1S/C16H15Cl6N5/c17-15(18,19)10-3-1-9(2-4-10)12-24-13(16(20,21)22)26-14(25-12)27-7-5-11(23)6-8-27/h1-4,11H,5-8,23H2. The molecule has 1 aliphatic heterocycles. The number of piperidine rings is 1. The lowest BCUT2D eigenvalue weighted by Gasteiger charge is -2.30. The van der Waals surface area contributed by atoms with Crippen molar-refractivity contribution >= 4 is 75.6 Å². The summed E-state index contributed by atoms with van der Waals surface area (Å²) in [5.74, 6) is 0.860. The molecular weight excluding hydrogens is 475 g/mol. The molecule has 5 nitrogen and oxygen atoms in total. The van der Waals surface area contributed by atoms with E-state index in [9.17, 15) is 0 Å². The van der Waals surface area contributed by atoms with Crippen molar-refractivity contribution in [3.8, 4) is 11.4 Å². The fraction of sp³-hybridized carbons (Fsp3) is 0.438. The van der Waals surface area contributed by atoms with Crippen LogP contribution in [0.5, 0.6) is 0 Å². The van der Waals surface area contributed by atoms with Gasteiger partial charge in [-0.3, -0.25) is 0 Å². The van der Waals surface area contributed by atoms with Crippen molar-refractivity contribution in [2.45, 2.75) is 26.5 Å². The Bertz CT molecular complexity index is 794. The second-order valence-corrected chi connectivity index (χ2v) is 10.7. The predicted molar refractivity (Wildman–Crippen MR) is 113 cm³/mol. The van der Waals surface area contributed by atoms with E-state index in [-0.39, 0.29) is 11.9 Å². The fourth-order valence-electron chi connectivity index (χ4n) is 2.67. The highest BCUT2D eigenvalue weighted by molar-refractivity contribution is 6.67. The highest BCUT2D eigenvalue weighted by Crippen LogP contribution is 2.39. The maximum Gasteiger partial charge on any atom is 0.250 e. The molecule has 0 aliphatic carbocycles. The first-order chi connectivity index (χ1) is 12.5. The number of nitrogens with zero attached hydrogens (tertiary/aromatic N) is 4. The highest BCUT2D eigenvalue weighted by Gasteiger charge is 2.30. The molecule has 1 aliphatic rings. The molecule has 2 N–H and O–H groups in total. The van der Waals surface area contributed by atoms with Crippen molar-refractivity contribution in [2.24, 2.45) is 5.73 Å². The van der Waals surface area contributed by atoms with Gasteiger partial charge in [0.2, 0.25) is 13.5 Å². The zero-order valence-corrected chi connectivity index (χ0v) is 18.4.